The van der Waals surface area contributed by atoms with Gasteiger partial charge in [-0.2, -0.15) is 10.2 Å². The number of aromatic amines is 1. The van der Waals surface area contributed by atoms with Crippen molar-refractivity contribution in [3.05, 3.63) is 29.2 Å². The normalized spacial score (nSPS) is 24.1. The van der Waals surface area contributed by atoms with E-state index in [4.69, 9.17) is 0 Å². The second kappa shape index (κ2) is 8.16. The van der Waals surface area contributed by atoms with Crippen LogP contribution in [0.3, 0.4) is 0 Å². The van der Waals surface area contributed by atoms with E-state index in [-0.39, 0.29) is 18.0 Å². The van der Waals surface area contributed by atoms with Crippen molar-refractivity contribution in [2.45, 2.75) is 77.7 Å². The highest BCUT2D eigenvalue weighted by Crippen LogP contribution is 2.41. The van der Waals surface area contributed by atoms with Gasteiger partial charge in [0, 0.05) is 43.5 Å². The van der Waals surface area contributed by atoms with E-state index in [0.29, 0.717) is 30.6 Å². The van der Waals surface area contributed by atoms with Crippen LogP contribution in [0.5, 0.6) is 0 Å². The van der Waals surface area contributed by atoms with Crippen LogP contribution in [-0.2, 0) is 18.6 Å². The van der Waals surface area contributed by atoms with E-state index in [1.807, 2.05) is 30.6 Å². The summed E-state index contributed by atoms with van der Waals surface area (Å²) < 4.78 is 1.70. The SMILES string of the molecule is CCCn1nccc1C(=O)Nc1n[nH]c2c1CN(C(=O)N1C[C@@H]3CCCN3C[C@@H]1C)C2(C)C. The molecule has 3 aliphatic rings. The molecule has 3 amide bonds. The zero-order chi connectivity index (χ0) is 23.3. The van der Waals surface area contributed by atoms with E-state index < -0.39 is 5.54 Å². The number of H-pyrrole nitrogens is 1. The molecule has 2 saturated heterocycles. The Hall–Kier alpha value is -2.88. The van der Waals surface area contributed by atoms with Crippen molar-refractivity contribution >= 4 is 17.8 Å². The Morgan fingerprint density at radius 1 is 1.30 bits per heavy atom. The maximum absolute atomic E-state index is 13.7. The number of hydrogen-bond acceptors (Lipinski definition) is 5. The number of fused-ring (bicyclic) bond motifs is 2. The van der Waals surface area contributed by atoms with Crippen LogP contribution in [0.15, 0.2) is 12.3 Å². The second-order valence-corrected chi connectivity index (χ2v) is 10.0. The van der Waals surface area contributed by atoms with Crippen LogP contribution in [0, 0.1) is 0 Å². The van der Waals surface area contributed by atoms with Crippen LogP contribution in [0.4, 0.5) is 10.6 Å². The number of urea groups is 1. The third kappa shape index (κ3) is 3.60. The Labute approximate surface area is 194 Å². The maximum atomic E-state index is 13.7. The van der Waals surface area contributed by atoms with E-state index in [1.165, 1.54) is 6.42 Å². The quantitative estimate of drug-likeness (QED) is 0.739. The molecule has 0 radical (unpaired) electrons. The fraction of sp³-hybridized carbons (Fsp3) is 0.652. The van der Waals surface area contributed by atoms with Crippen LogP contribution in [-0.4, -0.2) is 78.3 Å². The summed E-state index contributed by atoms with van der Waals surface area (Å²) in [5.74, 6) is 0.236. The van der Waals surface area contributed by atoms with E-state index in [1.54, 1.807) is 16.9 Å². The van der Waals surface area contributed by atoms with E-state index >= 15 is 0 Å². The van der Waals surface area contributed by atoms with Gasteiger partial charge in [-0.1, -0.05) is 6.92 Å². The Balaban J connectivity index is 1.34. The Morgan fingerprint density at radius 2 is 2.12 bits per heavy atom. The number of amides is 3. The number of anilines is 1. The third-order valence-electron chi connectivity index (χ3n) is 7.50. The first kappa shape index (κ1) is 21.9. The third-order valence-corrected chi connectivity index (χ3v) is 7.50. The Morgan fingerprint density at radius 3 is 2.91 bits per heavy atom. The Kier molecular flexibility index (Phi) is 5.43. The fourth-order valence-electron chi connectivity index (χ4n) is 5.62. The molecule has 0 saturated carbocycles. The van der Waals surface area contributed by atoms with Gasteiger partial charge in [-0.05, 0) is 52.6 Å². The van der Waals surface area contributed by atoms with Crippen molar-refractivity contribution in [3.8, 4) is 0 Å². The molecule has 2 atom stereocenters. The largest absolute Gasteiger partial charge is 0.321 e. The lowest BCUT2D eigenvalue weighted by molar-refractivity contribution is 0.0454. The van der Waals surface area contributed by atoms with Gasteiger partial charge >= 0.3 is 6.03 Å². The van der Waals surface area contributed by atoms with Crippen molar-refractivity contribution in [2.24, 2.45) is 0 Å². The molecule has 3 aliphatic heterocycles. The first-order chi connectivity index (χ1) is 15.8. The molecule has 33 heavy (non-hydrogen) atoms. The van der Waals surface area contributed by atoms with Gasteiger partial charge < -0.3 is 15.1 Å². The number of hydrogen-bond donors (Lipinski definition) is 2. The van der Waals surface area contributed by atoms with Gasteiger partial charge in [-0.3, -0.25) is 19.5 Å². The monoisotopic (exact) mass is 454 g/mol. The molecule has 10 heteroatoms. The molecule has 2 aromatic heterocycles. The van der Waals surface area contributed by atoms with Crippen molar-refractivity contribution in [1.29, 1.82) is 0 Å². The summed E-state index contributed by atoms with van der Waals surface area (Å²) in [7, 11) is 0. The highest BCUT2D eigenvalue weighted by molar-refractivity contribution is 6.03. The van der Waals surface area contributed by atoms with E-state index in [0.717, 1.165) is 43.7 Å². The van der Waals surface area contributed by atoms with Gasteiger partial charge in [0.25, 0.3) is 5.91 Å². The predicted molar refractivity (Wildman–Crippen MR) is 124 cm³/mol. The van der Waals surface area contributed by atoms with Crippen LogP contribution in [0.1, 0.15) is 68.7 Å². The number of aromatic nitrogens is 4. The van der Waals surface area contributed by atoms with Crippen LogP contribution >= 0.6 is 0 Å². The van der Waals surface area contributed by atoms with Gasteiger partial charge in [0.2, 0.25) is 0 Å². The highest BCUT2D eigenvalue weighted by Gasteiger charge is 2.47. The topological polar surface area (TPSA) is 102 Å². The van der Waals surface area contributed by atoms with Gasteiger partial charge in [0.05, 0.1) is 17.8 Å². The first-order valence-corrected chi connectivity index (χ1v) is 12.0. The molecule has 0 unspecified atom stereocenters. The molecule has 5 heterocycles. The van der Waals surface area contributed by atoms with E-state index in [2.05, 4.69) is 32.4 Å². The van der Waals surface area contributed by atoms with Gasteiger partial charge in [0.1, 0.15) is 5.69 Å². The Bertz CT molecular complexity index is 1060. The summed E-state index contributed by atoms with van der Waals surface area (Å²) in [6, 6.07) is 2.42. The molecule has 0 bridgehead atoms. The standard InChI is InChI=1S/C23H34N8O2/c1-5-10-31-18(8-9-24-31)21(32)25-20-17-14-30(23(3,4)19(17)26-27-20)22(33)29-13-16-7-6-11-28(16)12-15(29)2/h8-9,15-16H,5-7,10-14H2,1-4H3,(H2,25,26,27,32)/t15-,16-/m0/s1. The van der Waals surface area contributed by atoms with Crippen LogP contribution < -0.4 is 5.32 Å². The molecule has 178 valence electrons. The predicted octanol–water partition coefficient (Wildman–Crippen LogP) is 2.61. The molecule has 0 aliphatic carbocycles. The van der Waals surface area contributed by atoms with Crippen molar-refractivity contribution < 1.29 is 9.59 Å². The van der Waals surface area contributed by atoms with Crippen LogP contribution in [0.25, 0.3) is 0 Å². The molecule has 0 aromatic carbocycles. The molecule has 2 fully saturated rings. The molecule has 10 nitrogen and oxygen atoms in total. The number of nitrogens with zero attached hydrogens (tertiary/aromatic N) is 6. The van der Waals surface area contributed by atoms with Crippen molar-refractivity contribution in [2.75, 3.05) is 25.0 Å². The fourth-order valence-corrected chi connectivity index (χ4v) is 5.62. The second-order valence-electron chi connectivity index (χ2n) is 10.0. The number of piperazine rings is 1. The first-order valence-electron chi connectivity index (χ1n) is 12.0. The molecule has 0 spiro atoms. The average Bonchev–Trinajstić information content (AvgIpc) is 3.53. The van der Waals surface area contributed by atoms with Gasteiger partial charge in [-0.25, -0.2) is 4.79 Å². The summed E-state index contributed by atoms with van der Waals surface area (Å²) >= 11 is 0. The number of carbonyl (C=O) groups is 2. The lowest BCUT2D eigenvalue weighted by Crippen LogP contribution is -2.60. The minimum Gasteiger partial charge on any atom is -0.319 e. The van der Waals surface area contributed by atoms with Crippen molar-refractivity contribution in [1.82, 2.24) is 34.7 Å². The molecule has 2 aromatic rings. The molecular weight excluding hydrogens is 420 g/mol. The minimum atomic E-state index is -0.543. The van der Waals surface area contributed by atoms with Gasteiger partial charge in [0.15, 0.2) is 5.82 Å². The maximum Gasteiger partial charge on any atom is 0.321 e. The lowest BCUT2D eigenvalue weighted by Gasteiger charge is -2.45. The highest BCUT2D eigenvalue weighted by atomic mass is 16.2. The van der Waals surface area contributed by atoms with Crippen LogP contribution in [0.2, 0.25) is 0 Å². The zero-order valence-corrected chi connectivity index (χ0v) is 20.0. The number of rotatable bonds is 4. The average molecular weight is 455 g/mol. The molecule has 2 N–H and O–H groups in total. The number of aryl methyl sites for hydroxylation is 1. The minimum absolute atomic E-state index is 0.0574. The summed E-state index contributed by atoms with van der Waals surface area (Å²) in [6.07, 6.45) is 4.89. The molecule has 5 rings (SSSR count). The van der Waals surface area contributed by atoms with Crippen molar-refractivity contribution in [3.63, 3.8) is 0 Å². The number of nitrogens with one attached hydrogen (secondary N) is 2. The zero-order valence-electron chi connectivity index (χ0n) is 20.0. The summed E-state index contributed by atoms with van der Waals surface area (Å²) in [5.41, 5.74) is 1.71. The molecular formula is C23H34N8O2. The lowest BCUT2D eigenvalue weighted by atomic mass is 10.0. The summed E-state index contributed by atoms with van der Waals surface area (Å²) in [6.45, 7) is 12.2. The van der Waals surface area contributed by atoms with E-state index in [9.17, 15) is 9.59 Å². The number of carbonyl (C=O) groups excluding carboxylic acids is 2. The summed E-state index contributed by atoms with van der Waals surface area (Å²) in [4.78, 5) is 33.1. The smallest absolute Gasteiger partial charge is 0.319 e. The van der Waals surface area contributed by atoms with Gasteiger partial charge in [-0.15, -0.1) is 0 Å². The summed E-state index contributed by atoms with van der Waals surface area (Å²) in [5, 5.41) is 14.6.